The summed E-state index contributed by atoms with van der Waals surface area (Å²) in [4.78, 5) is 11.0. The van der Waals surface area contributed by atoms with Crippen LogP contribution in [0.15, 0.2) is 24.3 Å². The Morgan fingerprint density at radius 3 is 2.57 bits per heavy atom. The molecule has 0 saturated carbocycles. The summed E-state index contributed by atoms with van der Waals surface area (Å²) in [6.07, 6.45) is 0. The van der Waals surface area contributed by atoms with E-state index in [0.717, 1.165) is 5.56 Å². The highest BCUT2D eigenvalue weighted by atomic mass is 35.5. The average Bonchev–Trinajstić information content (AvgIpc) is 2.16. The average molecular weight is 214 g/mol. The first-order valence-corrected chi connectivity index (χ1v) is 4.64. The molecular weight excluding hydrogens is 202 g/mol. The van der Waals surface area contributed by atoms with E-state index in [4.69, 9.17) is 22.1 Å². The van der Waals surface area contributed by atoms with Crippen LogP contribution in [0.1, 0.15) is 12.5 Å². The lowest BCUT2D eigenvalue weighted by molar-refractivity contribution is -0.146. The van der Waals surface area contributed by atoms with Gasteiger partial charge in [-0.25, -0.2) is 0 Å². The number of carbonyl (C=O) groups is 1. The smallest absolute Gasteiger partial charge is 0.322 e. The van der Waals surface area contributed by atoms with Gasteiger partial charge in [-0.1, -0.05) is 23.7 Å². The van der Waals surface area contributed by atoms with E-state index in [1.165, 1.54) is 0 Å². The molecule has 1 atom stereocenters. The molecule has 0 bridgehead atoms. The Bertz CT molecular complexity index is 308. The molecule has 1 unspecified atom stereocenters. The molecule has 1 rings (SSSR count). The molecule has 0 aliphatic rings. The predicted molar refractivity (Wildman–Crippen MR) is 54.9 cm³/mol. The van der Waals surface area contributed by atoms with Crippen LogP contribution in [0.2, 0.25) is 5.02 Å². The van der Waals surface area contributed by atoms with Gasteiger partial charge in [-0.2, -0.15) is 0 Å². The first-order valence-electron chi connectivity index (χ1n) is 4.26. The minimum Gasteiger partial charge on any atom is -0.460 e. The second-order valence-electron chi connectivity index (χ2n) is 3.02. The second-order valence-corrected chi connectivity index (χ2v) is 3.46. The molecule has 3 nitrogen and oxygen atoms in total. The highest BCUT2D eigenvalue weighted by molar-refractivity contribution is 6.30. The number of hydrogen-bond donors (Lipinski definition) is 1. The molecule has 0 heterocycles. The standard InChI is InChI=1S/C10H12ClNO2/c1-7(12)10(13)14-6-8-2-4-9(11)5-3-8/h2-5,7H,6,12H2,1H3. The van der Waals surface area contributed by atoms with Crippen LogP contribution in [-0.4, -0.2) is 12.0 Å². The SMILES string of the molecule is CC(N)C(=O)OCc1ccc(Cl)cc1. The molecule has 0 aliphatic heterocycles. The normalized spacial score (nSPS) is 12.2. The number of nitrogens with two attached hydrogens (primary N) is 1. The summed E-state index contributed by atoms with van der Waals surface area (Å²) >= 11 is 5.70. The first kappa shape index (κ1) is 11.0. The van der Waals surface area contributed by atoms with E-state index in [0.29, 0.717) is 5.02 Å². The maximum Gasteiger partial charge on any atom is 0.322 e. The molecule has 0 aliphatic carbocycles. The van der Waals surface area contributed by atoms with Crippen LogP contribution in [0, 0.1) is 0 Å². The van der Waals surface area contributed by atoms with Crippen LogP contribution in [0.25, 0.3) is 0 Å². The largest absolute Gasteiger partial charge is 0.460 e. The molecule has 0 aromatic heterocycles. The summed E-state index contributed by atoms with van der Waals surface area (Å²) in [5.41, 5.74) is 6.22. The molecule has 1 aromatic carbocycles. The van der Waals surface area contributed by atoms with Gasteiger partial charge in [0.15, 0.2) is 0 Å². The summed E-state index contributed by atoms with van der Waals surface area (Å²) in [7, 11) is 0. The van der Waals surface area contributed by atoms with Crippen molar-refractivity contribution in [2.75, 3.05) is 0 Å². The van der Waals surface area contributed by atoms with Crippen LogP contribution >= 0.6 is 11.6 Å². The minimum atomic E-state index is -0.581. The van der Waals surface area contributed by atoms with E-state index in [2.05, 4.69) is 0 Å². The lowest BCUT2D eigenvalue weighted by atomic mass is 10.2. The van der Waals surface area contributed by atoms with E-state index < -0.39 is 12.0 Å². The van der Waals surface area contributed by atoms with Gasteiger partial charge in [-0.05, 0) is 24.6 Å². The lowest BCUT2D eigenvalue weighted by Crippen LogP contribution is -2.28. The maximum atomic E-state index is 11.0. The number of carbonyl (C=O) groups excluding carboxylic acids is 1. The predicted octanol–water partition coefficient (Wildman–Crippen LogP) is 1.73. The lowest BCUT2D eigenvalue weighted by Gasteiger charge is -2.06. The van der Waals surface area contributed by atoms with Gasteiger partial charge in [0.2, 0.25) is 0 Å². The van der Waals surface area contributed by atoms with Crippen molar-refractivity contribution in [3.63, 3.8) is 0 Å². The quantitative estimate of drug-likeness (QED) is 0.778. The Kier molecular flexibility index (Phi) is 3.92. The molecule has 0 radical (unpaired) electrons. The fourth-order valence-corrected chi connectivity index (χ4v) is 0.993. The third-order valence-electron chi connectivity index (χ3n) is 1.67. The number of halogens is 1. The van der Waals surface area contributed by atoms with Crippen molar-refractivity contribution in [1.29, 1.82) is 0 Å². The molecule has 0 amide bonds. The summed E-state index contributed by atoms with van der Waals surface area (Å²) in [6, 6.07) is 6.52. The van der Waals surface area contributed by atoms with Crippen molar-refractivity contribution >= 4 is 17.6 Å². The molecular formula is C10H12ClNO2. The zero-order valence-corrected chi connectivity index (χ0v) is 8.62. The van der Waals surface area contributed by atoms with Crippen LogP contribution in [-0.2, 0) is 16.1 Å². The van der Waals surface area contributed by atoms with Crippen molar-refractivity contribution in [1.82, 2.24) is 0 Å². The van der Waals surface area contributed by atoms with E-state index in [9.17, 15) is 4.79 Å². The molecule has 14 heavy (non-hydrogen) atoms. The molecule has 4 heteroatoms. The van der Waals surface area contributed by atoms with E-state index in [1.807, 2.05) is 0 Å². The summed E-state index contributed by atoms with van der Waals surface area (Å²) in [5, 5.41) is 0.660. The van der Waals surface area contributed by atoms with Gasteiger partial charge >= 0.3 is 5.97 Å². The molecule has 0 saturated heterocycles. The topological polar surface area (TPSA) is 52.3 Å². The Balaban J connectivity index is 2.46. The Hall–Kier alpha value is -1.06. The van der Waals surface area contributed by atoms with Crippen molar-refractivity contribution in [2.45, 2.75) is 19.6 Å². The highest BCUT2D eigenvalue weighted by Crippen LogP contribution is 2.10. The van der Waals surface area contributed by atoms with E-state index in [1.54, 1.807) is 31.2 Å². The Morgan fingerprint density at radius 2 is 2.07 bits per heavy atom. The third kappa shape index (κ3) is 3.36. The van der Waals surface area contributed by atoms with Crippen molar-refractivity contribution in [3.05, 3.63) is 34.9 Å². The third-order valence-corrected chi connectivity index (χ3v) is 1.92. The fourth-order valence-electron chi connectivity index (χ4n) is 0.867. The number of hydrogen-bond acceptors (Lipinski definition) is 3. The van der Waals surface area contributed by atoms with E-state index >= 15 is 0 Å². The Morgan fingerprint density at radius 1 is 1.50 bits per heavy atom. The zero-order chi connectivity index (χ0) is 10.6. The number of benzene rings is 1. The maximum absolute atomic E-state index is 11.0. The van der Waals surface area contributed by atoms with Crippen LogP contribution in [0.3, 0.4) is 0 Å². The molecule has 2 N–H and O–H groups in total. The van der Waals surface area contributed by atoms with Gasteiger partial charge in [0.1, 0.15) is 12.6 Å². The monoisotopic (exact) mass is 213 g/mol. The first-order chi connectivity index (χ1) is 6.59. The fraction of sp³-hybridized carbons (Fsp3) is 0.300. The molecule has 0 spiro atoms. The van der Waals surface area contributed by atoms with Gasteiger partial charge in [0, 0.05) is 5.02 Å². The number of esters is 1. The van der Waals surface area contributed by atoms with Crippen molar-refractivity contribution in [2.24, 2.45) is 5.73 Å². The molecule has 76 valence electrons. The van der Waals surface area contributed by atoms with Crippen LogP contribution in [0.5, 0.6) is 0 Å². The second kappa shape index (κ2) is 4.98. The van der Waals surface area contributed by atoms with Gasteiger partial charge in [-0.15, -0.1) is 0 Å². The van der Waals surface area contributed by atoms with E-state index in [-0.39, 0.29) is 6.61 Å². The minimum absolute atomic E-state index is 0.234. The number of rotatable bonds is 3. The van der Waals surface area contributed by atoms with Gasteiger partial charge in [0.25, 0.3) is 0 Å². The highest BCUT2D eigenvalue weighted by Gasteiger charge is 2.08. The van der Waals surface area contributed by atoms with Crippen molar-refractivity contribution < 1.29 is 9.53 Å². The van der Waals surface area contributed by atoms with Crippen LogP contribution < -0.4 is 5.73 Å². The molecule has 1 aromatic rings. The van der Waals surface area contributed by atoms with Gasteiger partial charge < -0.3 is 10.5 Å². The summed E-state index contributed by atoms with van der Waals surface area (Å²) in [6.45, 7) is 1.82. The van der Waals surface area contributed by atoms with Crippen molar-refractivity contribution in [3.8, 4) is 0 Å². The zero-order valence-electron chi connectivity index (χ0n) is 7.87. The summed E-state index contributed by atoms with van der Waals surface area (Å²) in [5.74, 6) is -0.403. The molecule has 0 fully saturated rings. The van der Waals surface area contributed by atoms with Crippen LogP contribution in [0.4, 0.5) is 0 Å². The van der Waals surface area contributed by atoms with Gasteiger partial charge in [-0.3, -0.25) is 4.79 Å². The number of ether oxygens (including phenoxy) is 1. The van der Waals surface area contributed by atoms with Gasteiger partial charge in [0.05, 0.1) is 0 Å². The summed E-state index contributed by atoms with van der Waals surface area (Å²) < 4.78 is 4.92. The Labute approximate surface area is 87.8 Å².